The van der Waals surface area contributed by atoms with Crippen LogP contribution in [0.5, 0.6) is 0 Å². The minimum atomic E-state index is -2.08. The Balaban J connectivity index is 4.00. The molecule has 0 spiro atoms. The molecule has 0 heterocycles. The van der Waals surface area contributed by atoms with Crippen molar-refractivity contribution >= 4 is 8.56 Å². The molecule has 0 aliphatic carbocycles. The van der Waals surface area contributed by atoms with Gasteiger partial charge >= 0.3 is 8.56 Å². The van der Waals surface area contributed by atoms with Crippen molar-refractivity contribution in [3.8, 4) is 0 Å². The number of nitrogens with two attached hydrogens (primary N) is 1. The van der Waals surface area contributed by atoms with Crippen LogP contribution >= 0.6 is 0 Å². The summed E-state index contributed by atoms with van der Waals surface area (Å²) in [5.74, 6) is 0. The Morgan fingerprint density at radius 2 is 2.00 bits per heavy atom. The van der Waals surface area contributed by atoms with E-state index in [-0.39, 0.29) is 0 Å². The lowest BCUT2D eigenvalue weighted by Gasteiger charge is -2.22. The van der Waals surface area contributed by atoms with E-state index in [1.165, 1.54) is 0 Å². The van der Waals surface area contributed by atoms with E-state index in [1.807, 2.05) is 0 Å². The average Bonchev–Trinajstić information content (AvgIpc) is 2.01. The van der Waals surface area contributed by atoms with Gasteiger partial charge in [-0.1, -0.05) is 0 Å². The van der Waals surface area contributed by atoms with Gasteiger partial charge in [0.05, 0.1) is 0 Å². The molecule has 0 amide bonds. The SMILES string of the molecule is C=C[Si](CCN)(OC)OC. The van der Waals surface area contributed by atoms with E-state index in [2.05, 4.69) is 6.58 Å². The van der Waals surface area contributed by atoms with Crippen molar-refractivity contribution in [2.24, 2.45) is 5.73 Å². The molecule has 2 N–H and O–H groups in total. The molecule has 0 atom stereocenters. The van der Waals surface area contributed by atoms with Crippen LogP contribution in [0.3, 0.4) is 0 Å². The summed E-state index contributed by atoms with van der Waals surface area (Å²) < 4.78 is 10.4. The molecule has 3 nitrogen and oxygen atoms in total. The summed E-state index contributed by atoms with van der Waals surface area (Å²) in [6, 6.07) is 0.767. The molecule has 10 heavy (non-hydrogen) atoms. The molecule has 0 fully saturated rings. The van der Waals surface area contributed by atoms with Gasteiger partial charge in [0.1, 0.15) is 0 Å². The summed E-state index contributed by atoms with van der Waals surface area (Å²) in [6.07, 6.45) is 0. The molecular weight excluding hydrogens is 146 g/mol. The smallest absolute Gasteiger partial charge is 0.365 e. The third-order valence-corrected chi connectivity index (χ3v) is 4.48. The van der Waals surface area contributed by atoms with Gasteiger partial charge in [-0.15, -0.1) is 6.58 Å². The minimum absolute atomic E-state index is 0.583. The van der Waals surface area contributed by atoms with E-state index in [0.717, 1.165) is 6.04 Å². The minimum Gasteiger partial charge on any atom is -0.395 e. The van der Waals surface area contributed by atoms with Gasteiger partial charge in [0.15, 0.2) is 0 Å². The van der Waals surface area contributed by atoms with Gasteiger partial charge in [0.2, 0.25) is 0 Å². The lowest BCUT2D eigenvalue weighted by atomic mass is 10.8. The molecule has 0 saturated carbocycles. The average molecular weight is 161 g/mol. The first-order valence-electron chi connectivity index (χ1n) is 3.18. The van der Waals surface area contributed by atoms with Crippen molar-refractivity contribution in [3.63, 3.8) is 0 Å². The fourth-order valence-electron chi connectivity index (χ4n) is 0.757. The first-order valence-corrected chi connectivity index (χ1v) is 5.28. The predicted octanol–water partition coefficient (Wildman–Crippen LogP) is 0.405. The fourth-order valence-corrected chi connectivity index (χ4v) is 2.27. The molecular formula is C6H15NO2Si. The molecule has 0 saturated heterocycles. The maximum atomic E-state index is 5.37. The second-order valence-corrected chi connectivity index (χ2v) is 5.31. The Hall–Kier alpha value is -0.163. The monoisotopic (exact) mass is 161 g/mol. The molecule has 0 radical (unpaired) electrons. The Morgan fingerprint density at radius 3 is 2.10 bits per heavy atom. The highest BCUT2D eigenvalue weighted by atomic mass is 28.4. The molecule has 0 unspecified atom stereocenters. The Labute approximate surface area is 63.1 Å². The van der Waals surface area contributed by atoms with Crippen LogP contribution in [0.25, 0.3) is 0 Å². The van der Waals surface area contributed by atoms with Gasteiger partial charge in [-0.25, -0.2) is 0 Å². The first kappa shape index (κ1) is 9.84. The topological polar surface area (TPSA) is 44.5 Å². The normalized spacial score (nSPS) is 11.5. The van der Waals surface area contributed by atoms with Crippen LogP contribution in [-0.4, -0.2) is 29.3 Å². The van der Waals surface area contributed by atoms with Gasteiger partial charge in [0.25, 0.3) is 0 Å². The van der Waals surface area contributed by atoms with Crippen molar-refractivity contribution in [1.82, 2.24) is 0 Å². The molecule has 0 bridgehead atoms. The second kappa shape index (κ2) is 4.62. The zero-order chi connectivity index (χ0) is 8.04. The predicted molar refractivity (Wildman–Crippen MR) is 43.8 cm³/mol. The highest BCUT2D eigenvalue weighted by Crippen LogP contribution is 2.10. The third kappa shape index (κ3) is 2.22. The van der Waals surface area contributed by atoms with Crippen molar-refractivity contribution < 1.29 is 8.85 Å². The highest BCUT2D eigenvalue weighted by molar-refractivity contribution is 6.72. The maximum Gasteiger partial charge on any atom is 0.365 e. The lowest BCUT2D eigenvalue weighted by Crippen LogP contribution is -2.39. The van der Waals surface area contributed by atoms with Crippen LogP contribution in [0.15, 0.2) is 12.3 Å². The summed E-state index contributed by atoms with van der Waals surface area (Å²) >= 11 is 0. The Kier molecular flexibility index (Phi) is 4.55. The van der Waals surface area contributed by atoms with Crippen LogP contribution in [-0.2, 0) is 8.85 Å². The first-order chi connectivity index (χ1) is 4.74. The third-order valence-electron chi connectivity index (χ3n) is 1.49. The number of hydrogen-bond donors (Lipinski definition) is 1. The molecule has 4 heteroatoms. The summed E-state index contributed by atoms with van der Waals surface area (Å²) in [5, 5.41) is 0. The summed E-state index contributed by atoms with van der Waals surface area (Å²) in [6.45, 7) is 4.23. The van der Waals surface area contributed by atoms with E-state index in [0.29, 0.717) is 6.54 Å². The highest BCUT2D eigenvalue weighted by Gasteiger charge is 2.30. The maximum absolute atomic E-state index is 5.37. The Bertz CT molecular complexity index is 104. The van der Waals surface area contributed by atoms with Gasteiger partial charge in [-0.2, -0.15) is 0 Å². The van der Waals surface area contributed by atoms with Crippen molar-refractivity contribution in [2.75, 3.05) is 20.8 Å². The van der Waals surface area contributed by atoms with E-state index < -0.39 is 8.56 Å². The van der Waals surface area contributed by atoms with Crippen LogP contribution in [0, 0.1) is 0 Å². The standard InChI is InChI=1S/C6H15NO2Si/c1-4-10(8-2,9-3)6-5-7/h4H,1,5-7H2,2-3H3. The van der Waals surface area contributed by atoms with Crippen LogP contribution in [0.2, 0.25) is 6.04 Å². The van der Waals surface area contributed by atoms with Gasteiger partial charge in [-0.3, -0.25) is 0 Å². The van der Waals surface area contributed by atoms with Gasteiger partial charge in [0, 0.05) is 20.3 Å². The number of rotatable bonds is 5. The van der Waals surface area contributed by atoms with E-state index in [1.54, 1.807) is 19.9 Å². The second-order valence-electron chi connectivity index (χ2n) is 1.96. The van der Waals surface area contributed by atoms with Crippen molar-refractivity contribution in [1.29, 1.82) is 0 Å². The molecule has 0 aromatic rings. The molecule has 0 aromatic carbocycles. The largest absolute Gasteiger partial charge is 0.395 e. The summed E-state index contributed by atoms with van der Waals surface area (Å²) in [7, 11) is 1.19. The lowest BCUT2D eigenvalue weighted by molar-refractivity contribution is 0.256. The number of hydrogen-bond acceptors (Lipinski definition) is 3. The van der Waals surface area contributed by atoms with Crippen molar-refractivity contribution in [3.05, 3.63) is 12.3 Å². The van der Waals surface area contributed by atoms with Crippen LogP contribution < -0.4 is 5.73 Å². The Morgan fingerprint density at radius 1 is 1.50 bits per heavy atom. The van der Waals surface area contributed by atoms with Crippen LogP contribution in [0.4, 0.5) is 0 Å². The molecule has 60 valence electrons. The molecule has 0 aromatic heterocycles. The fraction of sp³-hybridized carbons (Fsp3) is 0.667. The summed E-state index contributed by atoms with van der Waals surface area (Å²) in [4.78, 5) is 0. The van der Waals surface area contributed by atoms with E-state index in [9.17, 15) is 0 Å². The molecule has 0 aliphatic rings. The van der Waals surface area contributed by atoms with Crippen LogP contribution in [0.1, 0.15) is 0 Å². The zero-order valence-electron chi connectivity index (χ0n) is 6.59. The zero-order valence-corrected chi connectivity index (χ0v) is 7.59. The van der Waals surface area contributed by atoms with E-state index >= 15 is 0 Å². The van der Waals surface area contributed by atoms with Gasteiger partial charge < -0.3 is 14.6 Å². The quantitative estimate of drug-likeness (QED) is 0.594. The molecule has 0 aliphatic heterocycles. The van der Waals surface area contributed by atoms with Crippen molar-refractivity contribution in [2.45, 2.75) is 6.04 Å². The van der Waals surface area contributed by atoms with E-state index in [4.69, 9.17) is 14.6 Å². The van der Waals surface area contributed by atoms with Gasteiger partial charge in [-0.05, 0) is 12.2 Å². The summed E-state index contributed by atoms with van der Waals surface area (Å²) in [5.41, 5.74) is 7.12. The molecule has 0 rings (SSSR count).